The van der Waals surface area contributed by atoms with Crippen LogP contribution in [0.15, 0.2) is 30.3 Å². The maximum absolute atomic E-state index is 11.9. The van der Waals surface area contributed by atoms with Crippen LogP contribution in [0, 0.1) is 0 Å². The Balaban J connectivity index is 1.81. The van der Waals surface area contributed by atoms with Gasteiger partial charge in [-0.2, -0.15) is 0 Å². The highest BCUT2D eigenvalue weighted by Gasteiger charge is 2.18. The number of piperazine rings is 1. The van der Waals surface area contributed by atoms with Crippen molar-refractivity contribution >= 4 is 28.7 Å². The predicted octanol–water partition coefficient (Wildman–Crippen LogP) is 3.00. The van der Waals surface area contributed by atoms with Crippen molar-refractivity contribution in [3.8, 4) is 10.4 Å². The minimum absolute atomic E-state index is 0.301. The highest BCUT2D eigenvalue weighted by atomic mass is 32.1. The molecule has 1 aliphatic heterocycles. The zero-order valence-corrected chi connectivity index (χ0v) is 15.2. The standard InChI is InChI=1S/C18H23N3O2S/c1-19-15-12-16(24-17(15)18(22)23-3)13-4-6-14(7-5-13)21-10-8-20(2)9-11-21/h4-7,12,19H,8-11H2,1-3H3. The van der Waals surface area contributed by atoms with E-state index in [9.17, 15) is 4.79 Å². The second kappa shape index (κ2) is 7.23. The van der Waals surface area contributed by atoms with Gasteiger partial charge in [0.15, 0.2) is 0 Å². The van der Waals surface area contributed by atoms with Gasteiger partial charge < -0.3 is 19.9 Å². The Morgan fingerprint density at radius 2 is 1.83 bits per heavy atom. The van der Waals surface area contributed by atoms with Gasteiger partial charge in [-0.1, -0.05) is 12.1 Å². The summed E-state index contributed by atoms with van der Waals surface area (Å²) in [5.74, 6) is -0.301. The van der Waals surface area contributed by atoms with Gasteiger partial charge in [-0.15, -0.1) is 11.3 Å². The van der Waals surface area contributed by atoms with Crippen molar-refractivity contribution in [3.05, 3.63) is 35.2 Å². The molecule has 5 nitrogen and oxygen atoms in total. The summed E-state index contributed by atoms with van der Waals surface area (Å²) in [4.78, 5) is 18.3. The Bertz CT molecular complexity index is 704. The zero-order valence-electron chi connectivity index (χ0n) is 14.3. The third-order valence-corrected chi connectivity index (χ3v) is 5.56. The van der Waals surface area contributed by atoms with Crippen molar-refractivity contribution in [2.75, 3.05) is 57.6 Å². The average molecular weight is 345 g/mol. The van der Waals surface area contributed by atoms with Crippen LogP contribution in [-0.2, 0) is 4.74 Å². The Labute approximate surface area is 146 Å². The molecule has 3 rings (SSSR count). The van der Waals surface area contributed by atoms with E-state index in [0.717, 1.165) is 42.3 Å². The van der Waals surface area contributed by atoms with E-state index in [2.05, 4.69) is 46.4 Å². The van der Waals surface area contributed by atoms with Crippen molar-refractivity contribution in [2.45, 2.75) is 0 Å². The van der Waals surface area contributed by atoms with Crippen molar-refractivity contribution in [1.29, 1.82) is 0 Å². The molecule has 0 saturated carbocycles. The van der Waals surface area contributed by atoms with E-state index in [1.54, 1.807) is 0 Å². The molecule has 1 saturated heterocycles. The van der Waals surface area contributed by atoms with E-state index in [0.29, 0.717) is 4.88 Å². The Kier molecular flexibility index (Phi) is 5.06. The van der Waals surface area contributed by atoms with Crippen molar-refractivity contribution in [3.63, 3.8) is 0 Å². The third-order valence-electron chi connectivity index (χ3n) is 4.39. The summed E-state index contributed by atoms with van der Waals surface area (Å²) in [7, 11) is 5.39. The topological polar surface area (TPSA) is 44.8 Å². The van der Waals surface area contributed by atoms with Gasteiger partial charge in [-0.25, -0.2) is 4.79 Å². The molecule has 1 aromatic heterocycles. The van der Waals surface area contributed by atoms with Gasteiger partial charge in [0.05, 0.1) is 12.8 Å². The smallest absolute Gasteiger partial charge is 0.350 e. The second-order valence-corrected chi connectivity index (χ2v) is 6.98. The lowest BCUT2D eigenvalue weighted by Crippen LogP contribution is -2.44. The Hall–Kier alpha value is -2.05. The van der Waals surface area contributed by atoms with Crippen LogP contribution in [-0.4, -0.2) is 58.3 Å². The summed E-state index contributed by atoms with van der Waals surface area (Å²) in [5.41, 5.74) is 3.18. The first-order valence-electron chi connectivity index (χ1n) is 8.06. The number of benzene rings is 1. The van der Waals surface area contributed by atoms with E-state index in [4.69, 9.17) is 4.74 Å². The molecule has 1 aliphatic rings. The molecule has 1 N–H and O–H groups in total. The first-order valence-corrected chi connectivity index (χ1v) is 8.88. The van der Waals surface area contributed by atoms with Gasteiger partial charge in [0, 0.05) is 43.8 Å². The molecule has 2 heterocycles. The number of methoxy groups -OCH3 is 1. The first kappa shape index (κ1) is 16.8. The number of esters is 1. The van der Waals surface area contributed by atoms with Crippen molar-refractivity contribution in [2.24, 2.45) is 0 Å². The van der Waals surface area contributed by atoms with Gasteiger partial charge in [0.1, 0.15) is 4.88 Å². The number of carbonyl (C=O) groups is 1. The van der Waals surface area contributed by atoms with E-state index < -0.39 is 0 Å². The lowest BCUT2D eigenvalue weighted by molar-refractivity contribution is 0.0607. The molecule has 2 aromatic rings. The van der Waals surface area contributed by atoms with E-state index >= 15 is 0 Å². The van der Waals surface area contributed by atoms with Crippen LogP contribution < -0.4 is 10.2 Å². The van der Waals surface area contributed by atoms with Crippen molar-refractivity contribution in [1.82, 2.24) is 4.90 Å². The summed E-state index contributed by atoms with van der Waals surface area (Å²) in [5, 5.41) is 3.06. The highest BCUT2D eigenvalue weighted by Crippen LogP contribution is 2.35. The van der Waals surface area contributed by atoms with Crippen molar-refractivity contribution < 1.29 is 9.53 Å². The summed E-state index contributed by atoms with van der Waals surface area (Å²) in [6.45, 7) is 4.32. The summed E-state index contributed by atoms with van der Waals surface area (Å²) in [6, 6.07) is 10.6. The second-order valence-electron chi connectivity index (χ2n) is 5.93. The fourth-order valence-corrected chi connectivity index (χ4v) is 3.95. The zero-order chi connectivity index (χ0) is 17.1. The molecule has 6 heteroatoms. The first-order chi connectivity index (χ1) is 11.6. The van der Waals surface area contributed by atoms with Gasteiger partial charge in [-0.3, -0.25) is 0 Å². The molecule has 0 unspecified atom stereocenters. The van der Waals surface area contributed by atoms with Crippen LogP contribution in [0.4, 0.5) is 11.4 Å². The average Bonchev–Trinajstić information content (AvgIpc) is 3.06. The minimum Gasteiger partial charge on any atom is -0.465 e. The monoisotopic (exact) mass is 345 g/mol. The molecule has 0 bridgehead atoms. The lowest BCUT2D eigenvalue weighted by Gasteiger charge is -2.34. The van der Waals surface area contributed by atoms with Gasteiger partial charge >= 0.3 is 5.97 Å². The quantitative estimate of drug-likeness (QED) is 0.863. The lowest BCUT2D eigenvalue weighted by atomic mass is 10.1. The van der Waals surface area contributed by atoms with E-state index in [-0.39, 0.29) is 5.97 Å². The number of carbonyl (C=O) groups excluding carboxylic acids is 1. The molecule has 1 aromatic carbocycles. The fraction of sp³-hybridized carbons (Fsp3) is 0.389. The highest BCUT2D eigenvalue weighted by molar-refractivity contribution is 7.18. The maximum Gasteiger partial charge on any atom is 0.350 e. The molecule has 0 spiro atoms. The predicted molar refractivity (Wildman–Crippen MR) is 100 cm³/mol. The molecular weight excluding hydrogens is 322 g/mol. The van der Waals surface area contributed by atoms with Crippen LogP contribution in [0.1, 0.15) is 9.67 Å². The molecule has 0 amide bonds. The number of likely N-dealkylation sites (N-methyl/N-ethyl adjacent to an activating group) is 1. The number of hydrogen-bond acceptors (Lipinski definition) is 6. The summed E-state index contributed by atoms with van der Waals surface area (Å²) in [6.07, 6.45) is 0. The van der Waals surface area contributed by atoms with Crippen LogP contribution in [0.25, 0.3) is 10.4 Å². The molecule has 0 atom stereocenters. The maximum atomic E-state index is 11.9. The van der Waals surface area contributed by atoms with Crippen LogP contribution in [0.5, 0.6) is 0 Å². The molecular formula is C18H23N3O2S. The minimum atomic E-state index is -0.301. The van der Waals surface area contributed by atoms with E-state index in [1.165, 1.54) is 24.1 Å². The van der Waals surface area contributed by atoms with Gasteiger partial charge in [0.2, 0.25) is 0 Å². The molecule has 0 radical (unpaired) electrons. The number of anilines is 2. The number of rotatable bonds is 4. The van der Waals surface area contributed by atoms with Crippen LogP contribution in [0.2, 0.25) is 0 Å². The van der Waals surface area contributed by atoms with E-state index in [1.807, 2.05) is 13.1 Å². The number of nitrogens with one attached hydrogen (secondary N) is 1. The Morgan fingerprint density at radius 3 is 2.42 bits per heavy atom. The SMILES string of the molecule is CNc1cc(-c2ccc(N3CCN(C)CC3)cc2)sc1C(=O)OC. The van der Waals surface area contributed by atoms with Crippen LogP contribution in [0.3, 0.4) is 0 Å². The van der Waals surface area contributed by atoms with Crippen LogP contribution >= 0.6 is 11.3 Å². The van der Waals surface area contributed by atoms with Gasteiger partial charge in [-0.05, 0) is 30.8 Å². The van der Waals surface area contributed by atoms with Gasteiger partial charge in [0.25, 0.3) is 0 Å². The summed E-state index contributed by atoms with van der Waals surface area (Å²) >= 11 is 1.45. The number of hydrogen-bond donors (Lipinski definition) is 1. The third kappa shape index (κ3) is 3.39. The molecule has 1 fully saturated rings. The Morgan fingerprint density at radius 1 is 1.17 bits per heavy atom. The largest absolute Gasteiger partial charge is 0.465 e. The number of nitrogens with zero attached hydrogens (tertiary/aromatic N) is 2. The normalized spacial score (nSPS) is 15.4. The molecule has 128 valence electrons. The number of ether oxygens (including phenoxy) is 1. The number of thiophene rings is 1. The fourth-order valence-electron chi connectivity index (χ4n) is 2.86. The molecule has 24 heavy (non-hydrogen) atoms. The summed E-state index contributed by atoms with van der Waals surface area (Å²) < 4.78 is 4.86. The molecule has 0 aliphatic carbocycles.